The first-order valence-electron chi connectivity index (χ1n) is 10.6. The number of amides is 2. The first-order chi connectivity index (χ1) is 15.4. The van der Waals surface area contributed by atoms with E-state index in [1.165, 1.54) is 0 Å². The lowest BCUT2D eigenvalue weighted by Crippen LogP contribution is -2.41. The molecule has 0 saturated carbocycles. The van der Waals surface area contributed by atoms with Gasteiger partial charge in [0, 0.05) is 17.3 Å². The molecule has 3 aromatic carbocycles. The summed E-state index contributed by atoms with van der Waals surface area (Å²) in [6.45, 7) is 6.71. The Balaban J connectivity index is 1.44. The molecule has 0 radical (unpaired) electrons. The average molecular weight is 431 g/mol. The van der Waals surface area contributed by atoms with Gasteiger partial charge in [-0.15, -0.1) is 0 Å². The third kappa shape index (κ3) is 4.75. The smallest absolute Gasteiger partial charge is 0.265 e. The van der Waals surface area contributed by atoms with Gasteiger partial charge < -0.3 is 19.7 Å². The van der Waals surface area contributed by atoms with Crippen LogP contribution in [0.5, 0.6) is 11.5 Å². The Hall–Kier alpha value is -3.80. The highest BCUT2D eigenvalue weighted by molar-refractivity contribution is 6.05. The summed E-state index contributed by atoms with van der Waals surface area (Å²) in [6, 6.07) is 18.7. The first-order valence-corrected chi connectivity index (χ1v) is 10.6. The molecule has 0 saturated heterocycles. The predicted molar refractivity (Wildman–Crippen MR) is 125 cm³/mol. The highest BCUT2D eigenvalue weighted by Crippen LogP contribution is 2.34. The van der Waals surface area contributed by atoms with Gasteiger partial charge in [0.1, 0.15) is 18.1 Å². The predicted octanol–water partition coefficient (Wildman–Crippen LogP) is 4.67. The molecule has 0 fully saturated rings. The Bertz CT molecular complexity index is 1170. The molecule has 0 atom stereocenters. The maximum atomic E-state index is 12.6. The van der Waals surface area contributed by atoms with Crippen LogP contribution in [0.2, 0.25) is 0 Å². The Labute approximate surface area is 187 Å². The van der Waals surface area contributed by atoms with E-state index in [4.69, 9.17) is 9.47 Å². The van der Waals surface area contributed by atoms with Crippen molar-refractivity contribution in [1.82, 2.24) is 0 Å². The number of hydrogen-bond donors (Lipinski definition) is 1. The number of benzene rings is 3. The second kappa shape index (κ2) is 9.14. The number of aryl methyl sites for hydroxylation is 3. The lowest BCUT2D eigenvalue weighted by molar-refractivity contribution is -0.121. The Morgan fingerprint density at radius 1 is 1.03 bits per heavy atom. The van der Waals surface area contributed by atoms with Crippen molar-refractivity contribution in [2.24, 2.45) is 0 Å². The van der Waals surface area contributed by atoms with Crippen molar-refractivity contribution in [3.63, 3.8) is 0 Å². The zero-order valence-corrected chi connectivity index (χ0v) is 18.5. The summed E-state index contributed by atoms with van der Waals surface area (Å²) in [5, 5.41) is 2.90. The number of hydrogen-bond acceptors (Lipinski definition) is 4. The van der Waals surface area contributed by atoms with Gasteiger partial charge in [-0.3, -0.25) is 9.59 Å². The molecule has 1 N–H and O–H groups in total. The third-order valence-electron chi connectivity index (χ3n) is 5.50. The quantitative estimate of drug-likeness (QED) is 0.617. The molecule has 1 aliphatic heterocycles. The van der Waals surface area contributed by atoms with Crippen LogP contribution < -0.4 is 19.7 Å². The molecule has 3 aromatic rings. The minimum absolute atomic E-state index is 0.0496. The fraction of sp³-hybridized carbons (Fsp3) is 0.231. The van der Waals surface area contributed by atoms with E-state index < -0.39 is 0 Å². The van der Waals surface area contributed by atoms with Crippen LogP contribution >= 0.6 is 0 Å². The fourth-order valence-electron chi connectivity index (χ4n) is 3.57. The second-order valence-electron chi connectivity index (χ2n) is 7.93. The van der Waals surface area contributed by atoms with Gasteiger partial charge in [-0.2, -0.15) is 0 Å². The van der Waals surface area contributed by atoms with Gasteiger partial charge in [0.05, 0.1) is 12.2 Å². The number of rotatable bonds is 6. The van der Waals surface area contributed by atoms with Gasteiger partial charge in [0.15, 0.2) is 6.61 Å². The highest BCUT2D eigenvalue weighted by Gasteiger charge is 2.26. The van der Waals surface area contributed by atoms with E-state index in [1.54, 1.807) is 29.2 Å². The maximum absolute atomic E-state index is 12.6. The third-order valence-corrected chi connectivity index (χ3v) is 5.50. The highest BCUT2D eigenvalue weighted by atomic mass is 16.5. The molecular weight excluding hydrogens is 404 g/mol. The van der Waals surface area contributed by atoms with Crippen molar-refractivity contribution in [2.75, 3.05) is 30.0 Å². The van der Waals surface area contributed by atoms with Crippen molar-refractivity contribution in [1.29, 1.82) is 0 Å². The molecule has 0 bridgehead atoms. The molecule has 0 aromatic heterocycles. The van der Waals surface area contributed by atoms with Gasteiger partial charge in [-0.1, -0.05) is 18.2 Å². The summed E-state index contributed by atoms with van der Waals surface area (Å²) in [4.78, 5) is 26.7. The van der Waals surface area contributed by atoms with Crippen LogP contribution in [0, 0.1) is 20.8 Å². The second-order valence-corrected chi connectivity index (χ2v) is 7.93. The Morgan fingerprint density at radius 3 is 2.66 bits per heavy atom. The van der Waals surface area contributed by atoms with Crippen LogP contribution in [0.1, 0.15) is 27.0 Å². The minimum atomic E-state index is -0.191. The van der Waals surface area contributed by atoms with E-state index in [0.29, 0.717) is 35.8 Å². The van der Waals surface area contributed by atoms with E-state index in [9.17, 15) is 9.59 Å². The number of anilines is 2. The number of nitrogens with zero attached hydrogens (tertiary/aromatic N) is 1. The van der Waals surface area contributed by atoms with Gasteiger partial charge in [-0.05, 0) is 73.9 Å². The number of fused-ring (bicyclic) bond motifs is 1. The summed E-state index contributed by atoms with van der Waals surface area (Å²) in [6.07, 6.45) is 0. The number of nitrogens with one attached hydrogen (secondary N) is 1. The molecule has 6 heteroatoms. The molecule has 4 rings (SSSR count). The van der Waals surface area contributed by atoms with Crippen LogP contribution in [0.3, 0.4) is 0 Å². The van der Waals surface area contributed by atoms with Crippen LogP contribution in [0.4, 0.5) is 11.4 Å². The number of ether oxygens (including phenoxy) is 2. The molecule has 0 unspecified atom stereocenters. The van der Waals surface area contributed by atoms with Crippen LogP contribution in [-0.2, 0) is 4.79 Å². The minimum Gasteiger partial charge on any atom is -0.492 e. The molecule has 0 spiro atoms. The molecular formula is C26H26N2O4. The number of carbonyl (C=O) groups is 2. The lowest BCUT2D eigenvalue weighted by Gasteiger charge is -2.29. The molecule has 32 heavy (non-hydrogen) atoms. The number of carbonyl (C=O) groups excluding carboxylic acids is 2. The molecule has 2 amide bonds. The van der Waals surface area contributed by atoms with Crippen LogP contribution in [-0.4, -0.2) is 31.6 Å². The van der Waals surface area contributed by atoms with Crippen molar-refractivity contribution < 1.29 is 19.1 Å². The normalized spacial score (nSPS) is 12.7. The standard InChI is InChI=1S/C26H26N2O4/c1-17-5-4-6-22(13-17)31-12-11-28-23-10-9-21(15-24(23)32-16-25(28)29)27-26(30)20-8-7-18(2)19(3)14-20/h4-10,13-15H,11-12,16H2,1-3H3,(H,27,30). The van der Waals surface area contributed by atoms with Crippen molar-refractivity contribution in [2.45, 2.75) is 20.8 Å². The van der Waals surface area contributed by atoms with E-state index in [2.05, 4.69) is 5.32 Å². The zero-order valence-electron chi connectivity index (χ0n) is 18.5. The molecule has 164 valence electrons. The topological polar surface area (TPSA) is 67.9 Å². The van der Waals surface area contributed by atoms with Crippen LogP contribution in [0.15, 0.2) is 60.7 Å². The van der Waals surface area contributed by atoms with E-state index in [-0.39, 0.29) is 18.4 Å². The van der Waals surface area contributed by atoms with Gasteiger partial charge in [0.25, 0.3) is 11.8 Å². The molecule has 1 aliphatic rings. The summed E-state index contributed by atoms with van der Waals surface area (Å²) in [7, 11) is 0. The zero-order chi connectivity index (χ0) is 22.7. The Kier molecular flexibility index (Phi) is 6.12. The van der Waals surface area contributed by atoms with Crippen LogP contribution in [0.25, 0.3) is 0 Å². The van der Waals surface area contributed by atoms with E-state index in [1.807, 2.05) is 57.2 Å². The fourth-order valence-corrected chi connectivity index (χ4v) is 3.57. The molecule has 6 nitrogen and oxygen atoms in total. The SMILES string of the molecule is Cc1cccc(OCCN2C(=O)COc3cc(NC(=O)c4ccc(C)c(C)c4)ccc32)c1. The van der Waals surface area contributed by atoms with Gasteiger partial charge in [0.2, 0.25) is 0 Å². The van der Waals surface area contributed by atoms with Gasteiger partial charge in [-0.25, -0.2) is 0 Å². The maximum Gasteiger partial charge on any atom is 0.265 e. The largest absolute Gasteiger partial charge is 0.492 e. The summed E-state index contributed by atoms with van der Waals surface area (Å²) < 4.78 is 11.4. The van der Waals surface area contributed by atoms with Crippen molar-refractivity contribution >= 4 is 23.2 Å². The van der Waals surface area contributed by atoms with E-state index >= 15 is 0 Å². The monoisotopic (exact) mass is 430 g/mol. The average Bonchev–Trinajstić information content (AvgIpc) is 2.77. The first kappa shape index (κ1) is 21.4. The molecule has 0 aliphatic carbocycles. The Morgan fingerprint density at radius 2 is 1.88 bits per heavy atom. The van der Waals surface area contributed by atoms with Crippen molar-refractivity contribution in [3.8, 4) is 11.5 Å². The molecule has 1 heterocycles. The summed E-state index contributed by atoms with van der Waals surface area (Å²) in [5.41, 5.74) is 5.19. The lowest BCUT2D eigenvalue weighted by atomic mass is 10.1. The van der Waals surface area contributed by atoms with Gasteiger partial charge >= 0.3 is 0 Å². The summed E-state index contributed by atoms with van der Waals surface area (Å²) in [5.74, 6) is 1.01. The van der Waals surface area contributed by atoms with E-state index in [0.717, 1.165) is 22.4 Å². The summed E-state index contributed by atoms with van der Waals surface area (Å²) >= 11 is 0. The van der Waals surface area contributed by atoms with Crippen molar-refractivity contribution in [3.05, 3.63) is 82.9 Å².